The number of likely N-dealkylation sites (N-methyl/N-ethyl adjacent to an activating group) is 1. The third-order valence-electron chi connectivity index (χ3n) is 6.21. The molecule has 1 N–H and O–H groups in total. The topological polar surface area (TPSA) is 79.0 Å². The van der Waals surface area contributed by atoms with Crippen LogP contribution in [0, 0.1) is 0 Å². The van der Waals surface area contributed by atoms with E-state index in [4.69, 9.17) is 4.74 Å². The average Bonchev–Trinajstić information content (AvgIpc) is 2.87. The summed E-state index contributed by atoms with van der Waals surface area (Å²) in [6, 6.07) is 9.60. The fraction of sp³-hybridized carbons (Fsp3) is 0.346. The molecule has 0 radical (unpaired) electrons. The zero-order valence-corrected chi connectivity index (χ0v) is 21.1. The van der Waals surface area contributed by atoms with E-state index in [1.807, 2.05) is 0 Å². The molecule has 37 heavy (non-hydrogen) atoms. The van der Waals surface area contributed by atoms with Crippen LogP contribution >= 0.6 is 11.8 Å². The number of halogens is 3. The normalized spacial score (nSPS) is 17.5. The summed E-state index contributed by atoms with van der Waals surface area (Å²) in [7, 11) is 1.59. The van der Waals surface area contributed by atoms with Gasteiger partial charge in [-0.2, -0.15) is 13.2 Å². The highest BCUT2D eigenvalue weighted by Gasteiger charge is 2.31. The minimum absolute atomic E-state index is 0.0822. The predicted octanol–water partition coefficient (Wildman–Crippen LogP) is 5.17. The summed E-state index contributed by atoms with van der Waals surface area (Å²) in [6.45, 7) is 3.06. The van der Waals surface area contributed by atoms with Crippen molar-refractivity contribution in [1.82, 2.24) is 10.2 Å². The number of carbonyl (C=O) groups excluding carboxylic acids is 3. The smallest absolute Gasteiger partial charge is 0.416 e. The van der Waals surface area contributed by atoms with Crippen LogP contribution in [0.25, 0.3) is 6.08 Å². The first-order chi connectivity index (χ1) is 17.6. The van der Waals surface area contributed by atoms with Gasteiger partial charge in [0.15, 0.2) is 0 Å². The highest BCUT2D eigenvalue weighted by molar-refractivity contribution is 8.04. The monoisotopic (exact) mass is 533 g/mol. The van der Waals surface area contributed by atoms with E-state index in [0.29, 0.717) is 54.3 Å². The van der Waals surface area contributed by atoms with Crippen LogP contribution in [-0.2, 0) is 15.7 Å². The molecule has 4 rings (SSSR count). The number of nitrogens with zero attached hydrogens (tertiary/aromatic N) is 2. The Morgan fingerprint density at radius 2 is 1.81 bits per heavy atom. The Labute approximate surface area is 216 Å². The Morgan fingerprint density at radius 3 is 2.43 bits per heavy atom. The summed E-state index contributed by atoms with van der Waals surface area (Å²) in [4.78, 5) is 41.9. The van der Waals surface area contributed by atoms with Gasteiger partial charge in [-0.3, -0.25) is 9.59 Å². The zero-order chi connectivity index (χ0) is 26.7. The fourth-order valence-corrected chi connectivity index (χ4v) is 5.24. The summed E-state index contributed by atoms with van der Waals surface area (Å²) < 4.78 is 43.5. The lowest BCUT2D eigenvalue weighted by Crippen LogP contribution is -2.46. The Kier molecular flexibility index (Phi) is 7.82. The van der Waals surface area contributed by atoms with Crippen LogP contribution in [0.5, 0.6) is 0 Å². The lowest BCUT2D eigenvalue weighted by atomic mass is 10.0. The van der Waals surface area contributed by atoms with Crippen LogP contribution in [0.2, 0.25) is 0 Å². The van der Waals surface area contributed by atoms with E-state index in [1.54, 1.807) is 43.1 Å². The molecule has 0 aliphatic carbocycles. The number of rotatable bonds is 4. The number of alkyl halides is 3. The molecule has 0 aromatic heterocycles. The van der Waals surface area contributed by atoms with Gasteiger partial charge in [0.2, 0.25) is 0 Å². The van der Waals surface area contributed by atoms with Crippen molar-refractivity contribution in [2.24, 2.45) is 0 Å². The number of hydrogen-bond acceptors (Lipinski definition) is 5. The van der Waals surface area contributed by atoms with Crippen molar-refractivity contribution in [3.05, 3.63) is 64.1 Å². The standard InChI is InChI=1S/C26H26F3N3O4S/c1-3-36-25(35)32-12-10-19(11-13-32)30-23(33)17-6-9-21-20(15-17)31(2)24(34)22(37-21)14-16-4-7-18(8-5-16)26(27,28)29/h4-9,14-15,19H,3,10-13H2,1-2H3,(H,30,33)/b22-14-. The fourth-order valence-electron chi connectivity index (χ4n) is 4.14. The predicted molar refractivity (Wildman–Crippen MR) is 134 cm³/mol. The van der Waals surface area contributed by atoms with Crippen molar-refractivity contribution in [1.29, 1.82) is 0 Å². The molecule has 0 saturated carbocycles. The molecular weight excluding hydrogens is 507 g/mol. The first-order valence-electron chi connectivity index (χ1n) is 11.8. The minimum Gasteiger partial charge on any atom is -0.450 e. The maximum absolute atomic E-state index is 13.0. The second kappa shape index (κ2) is 10.9. The number of thioether (sulfide) groups is 1. The average molecular weight is 534 g/mol. The van der Waals surface area contributed by atoms with Gasteiger partial charge in [0.05, 0.1) is 22.8 Å². The molecule has 2 heterocycles. The van der Waals surface area contributed by atoms with Crippen LogP contribution in [0.3, 0.4) is 0 Å². The SMILES string of the molecule is CCOC(=O)N1CCC(NC(=O)c2ccc3c(c2)N(C)C(=O)/C(=C/c2ccc(C(F)(F)F)cc2)S3)CC1. The summed E-state index contributed by atoms with van der Waals surface area (Å²) in [5.41, 5.74) is 0.701. The minimum atomic E-state index is -4.43. The number of amides is 3. The van der Waals surface area contributed by atoms with Crippen LogP contribution in [-0.4, -0.2) is 55.6 Å². The van der Waals surface area contributed by atoms with Crippen molar-refractivity contribution in [2.75, 3.05) is 31.6 Å². The van der Waals surface area contributed by atoms with E-state index in [-0.39, 0.29) is 23.9 Å². The molecule has 0 atom stereocenters. The van der Waals surface area contributed by atoms with Crippen molar-refractivity contribution in [2.45, 2.75) is 36.9 Å². The molecule has 0 bridgehead atoms. The molecule has 0 unspecified atom stereocenters. The molecule has 2 aliphatic rings. The Hall–Kier alpha value is -3.47. The molecule has 2 aromatic carbocycles. The van der Waals surface area contributed by atoms with Crippen molar-refractivity contribution >= 4 is 41.4 Å². The van der Waals surface area contributed by atoms with Gasteiger partial charge in [-0.05, 0) is 61.7 Å². The van der Waals surface area contributed by atoms with Crippen LogP contribution in [0.1, 0.15) is 41.3 Å². The van der Waals surface area contributed by atoms with E-state index in [9.17, 15) is 27.6 Å². The first kappa shape index (κ1) is 26.6. The summed E-state index contributed by atoms with van der Waals surface area (Å²) in [6.07, 6.45) is -2.00. The zero-order valence-electron chi connectivity index (χ0n) is 20.3. The van der Waals surface area contributed by atoms with Gasteiger partial charge in [-0.25, -0.2) is 4.79 Å². The second-order valence-corrected chi connectivity index (χ2v) is 9.79. The summed E-state index contributed by atoms with van der Waals surface area (Å²) in [5.74, 6) is -0.587. The number of carbonyl (C=O) groups is 3. The van der Waals surface area contributed by atoms with Gasteiger partial charge in [0.1, 0.15) is 0 Å². The van der Waals surface area contributed by atoms with E-state index < -0.39 is 11.7 Å². The van der Waals surface area contributed by atoms with Crippen LogP contribution < -0.4 is 10.2 Å². The van der Waals surface area contributed by atoms with Gasteiger partial charge in [-0.15, -0.1) is 0 Å². The first-order valence-corrected chi connectivity index (χ1v) is 12.6. The van der Waals surface area contributed by atoms with Crippen molar-refractivity contribution in [3.8, 4) is 0 Å². The number of ether oxygens (including phenoxy) is 1. The van der Waals surface area contributed by atoms with Gasteiger partial charge in [-0.1, -0.05) is 23.9 Å². The quantitative estimate of drug-likeness (QED) is 0.549. The van der Waals surface area contributed by atoms with Crippen molar-refractivity contribution < 1.29 is 32.3 Å². The third-order valence-corrected chi connectivity index (χ3v) is 7.29. The Balaban J connectivity index is 1.43. The van der Waals surface area contributed by atoms with E-state index in [1.165, 1.54) is 28.8 Å². The van der Waals surface area contributed by atoms with Gasteiger partial charge in [0, 0.05) is 36.6 Å². The number of fused-ring (bicyclic) bond motifs is 1. The maximum atomic E-state index is 13.0. The van der Waals surface area contributed by atoms with Gasteiger partial charge in [0.25, 0.3) is 11.8 Å². The van der Waals surface area contributed by atoms with Crippen molar-refractivity contribution in [3.63, 3.8) is 0 Å². The number of likely N-dealkylation sites (tertiary alicyclic amines) is 1. The van der Waals surface area contributed by atoms with Gasteiger partial charge < -0.3 is 19.9 Å². The number of anilines is 1. The number of benzene rings is 2. The van der Waals surface area contributed by atoms with Crippen LogP contribution in [0.15, 0.2) is 52.3 Å². The molecule has 196 valence electrons. The molecule has 11 heteroatoms. The lowest BCUT2D eigenvalue weighted by Gasteiger charge is -2.31. The molecule has 1 saturated heterocycles. The summed E-state index contributed by atoms with van der Waals surface area (Å²) in [5, 5.41) is 3.00. The van der Waals surface area contributed by atoms with Crippen LogP contribution in [0.4, 0.5) is 23.7 Å². The number of nitrogens with one attached hydrogen (secondary N) is 1. The number of piperidine rings is 1. The molecular formula is C26H26F3N3O4S. The second-order valence-electron chi connectivity index (χ2n) is 8.71. The molecule has 3 amide bonds. The van der Waals surface area contributed by atoms with E-state index in [2.05, 4.69) is 5.32 Å². The Morgan fingerprint density at radius 1 is 1.14 bits per heavy atom. The highest BCUT2D eigenvalue weighted by Crippen LogP contribution is 2.42. The largest absolute Gasteiger partial charge is 0.450 e. The highest BCUT2D eigenvalue weighted by atomic mass is 32.2. The molecule has 1 fully saturated rings. The molecule has 2 aliphatic heterocycles. The number of hydrogen-bond donors (Lipinski definition) is 1. The molecule has 7 nitrogen and oxygen atoms in total. The van der Waals surface area contributed by atoms with E-state index >= 15 is 0 Å². The van der Waals surface area contributed by atoms with Gasteiger partial charge >= 0.3 is 12.3 Å². The molecule has 2 aromatic rings. The lowest BCUT2D eigenvalue weighted by molar-refractivity contribution is -0.137. The van der Waals surface area contributed by atoms with E-state index in [0.717, 1.165) is 17.0 Å². The summed E-state index contributed by atoms with van der Waals surface area (Å²) >= 11 is 1.20. The third kappa shape index (κ3) is 6.10. The molecule has 0 spiro atoms. The Bertz CT molecular complexity index is 1220. The maximum Gasteiger partial charge on any atom is 0.416 e.